The molecular weight excluding hydrogens is 240 g/mol. The Morgan fingerprint density at radius 2 is 2.26 bits per heavy atom. The zero-order chi connectivity index (χ0) is 13.2. The van der Waals surface area contributed by atoms with E-state index in [1.165, 1.54) is 0 Å². The molecule has 0 bridgehead atoms. The van der Waals surface area contributed by atoms with Crippen LogP contribution in [0.3, 0.4) is 0 Å². The van der Waals surface area contributed by atoms with Gasteiger partial charge in [0.1, 0.15) is 17.3 Å². The molecule has 1 saturated heterocycles. The molecule has 5 heteroatoms. The third kappa shape index (κ3) is 2.67. The SMILES string of the molecule is Cc1ccc(-c2ccnc(C3CN(C)CCN3)n2)o1. The van der Waals surface area contributed by atoms with Gasteiger partial charge in [-0.15, -0.1) is 0 Å². The van der Waals surface area contributed by atoms with Crippen LogP contribution in [0, 0.1) is 6.92 Å². The Morgan fingerprint density at radius 1 is 1.37 bits per heavy atom. The summed E-state index contributed by atoms with van der Waals surface area (Å²) >= 11 is 0. The van der Waals surface area contributed by atoms with Crippen LogP contribution in [0.1, 0.15) is 17.6 Å². The molecule has 1 aliphatic heterocycles. The standard InChI is InChI=1S/C14H18N4O/c1-10-3-4-13(19-10)11-5-6-16-14(17-11)12-9-18(2)8-7-15-12/h3-6,12,15H,7-9H2,1-2H3. The number of rotatable bonds is 2. The lowest BCUT2D eigenvalue weighted by molar-refractivity contribution is 0.235. The largest absolute Gasteiger partial charge is 0.460 e. The third-order valence-corrected chi connectivity index (χ3v) is 3.36. The first-order chi connectivity index (χ1) is 9.22. The van der Waals surface area contributed by atoms with Crippen molar-refractivity contribution < 1.29 is 4.42 Å². The van der Waals surface area contributed by atoms with Gasteiger partial charge in [-0.1, -0.05) is 0 Å². The second-order valence-electron chi connectivity index (χ2n) is 4.98. The van der Waals surface area contributed by atoms with E-state index in [4.69, 9.17) is 4.42 Å². The van der Waals surface area contributed by atoms with Crippen LogP contribution in [0.25, 0.3) is 11.5 Å². The summed E-state index contributed by atoms with van der Waals surface area (Å²) in [6, 6.07) is 5.97. The number of hydrogen-bond donors (Lipinski definition) is 1. The molecule has 19 heavy (non-hydrogen) atoms. The summed E-state index contributed by atoms with van der Waals surface area (Å²) in [5, 5.41) is 3.45. The first kappa shape index (κ1) is 12.3. The molecule has 0 radical (unpaired) electrons. The van der Waals surface area contributed by atoms with Crippen LogP contribution in [-0.2, 0) is 0 Å². The van der Waals surface area contributed by atoms with Gasteiger partial charge in [0.05, 0.1) is 6.04 Å². The fraction of sp³-hybridized carbons (Fsp3) is 0.429. The number of aromatic nitrogens is 2. The predicted octanol–water partition coefficient (Wildman–Crippen LogP) is 1.62. The maximum Gasteiger partial charge on any atom is 0.152 e. The van der Waals surface area contributed by atoms with Crippen molar-refractivity contribution >= 4 is 0 Å². The second kappa shape index (κ2) is 5.11. The monoisotopic (exact) mass is 258 g/mol. The van der Waals surface area contributed by atoms with Crippen LogP contribution in [0.5, 0.6) is 0 Å². The van der Waals surface area contributed by atoms with Gasteiger partial charge in [0, 0.05) is 25.8 Å². The van der Waals surface area contributed by atoms with Crippen molar-refractivity contribution in [2.24, 2.45) is 0 Å². The van der Waals surface area contributed by atoms with Crippen molar-refractivity contribution in [3.8, 4) is 11.5 Å². The average Bonchev–Trinajstić information content (AvgIpc) is 2.86. The lowest BCUT2D eigenvalue weighted by atomic mass is 10.2. The van der Waals surface area contributed by atoms with Crippen molar-refractivity contribution in [2.75, 3.05) is 26.7 Å². The molecule has 0 saturated carbocycles. The number of aryl methyl sites for hydroxylation is 1. The maximum absolute atomic E-state index is 5.61. The average molecular weight is 258 g/mol. The molecular formula is C14H18N4O. The van der Waals surface area contributed by atoms with Gasteiger partial charge in [-0.05, 0) is 32.2 Å². The Kier molecular flexibility index (Phi) is 3.31. The molecule has 2 aromatic rings. The number of likely N-dealkylation sites (N-methyl/N-ethyl adjacent to an activating group) is 1. The van der Waals surface area contributed by atoms with E-state index in [0.29, 0.717) is 0 Å². The van der Waals surface area contributed by atoms with Crippen LogP contribution in [0.2, 0.25) is 0 Å². The zero-order valence-electron chi connectivity index (χ0n) is 11.3. The summed E-state index contributed by atoms with van der Waals surface area (Å²) < 4.78 is 5.61. The van der Waals surface area contributed by atoms with Crippen molar-refractivity contribution in [3.05, 3.63) is 36.0 Å². The van der Waals surface area contributed by atoms with Crippen LogP contribution < -0.4 is 5.32 Å². The van der Waals surface area contributed by atoms with Gasteiger partial charge in [-0.25, -0.2) is 9.97 Å². The summed E-state index contributed by atoms with van der Waals surface area (Å²) in [5.41, 5.74) is 0.841. The van der Waals surface area contributed by atoms with Gasteiger partial charge in [0.2, 0.25) is 0 Å². The van der Waals surface area contributed by atoms with E-state index in [9.17, 15) is 0 Å². The molecule has 1 aliphatic rings. The molecule has 0 aromatic carbocycles. The van der Waals surface area contributed by atoms with E-state index < -0.39 is 0 Å². The van der Waals surface area contributed by atoms with Gasteiger partial charge in [-0.3, -0.25) is 0 Å². The topological polar surface area (TPSA) is 54.2 Å². The molecule has 0 amide bonds. The highest BCUT2D eigenvalue weighted by molar-refractivity contribution is 5.51. The molecule has 100 valence electrons. The summed E-state index contributed by atoms with van der Waals surface area (Å²) in [7, 11) is 2.12. The highest BCUT2D eigenvalue weighted by Gasteiger charge is 2.21. The van der Waals surface area contributed by atoms with Crippen molar-refractivity contribution in [2.45, 2.75) is 13.0 Å². The first-order valence-electron chi connectivity index (χ1n) is 6.54. The summed E-state index contributed by atoms with van der Waals surface area (Å²) in [4.78, 5) is 11.3. The van der Waals surface area contributed by atoms with Crippen molar-refractivity contribution in [1.29, 1.82) is 0 Å². The minimum absolute atomic E-state index is 0.190. The number of piperazine rings is 1. The molecule has 1 N–H and O–H groups in total. The van der Waals surface area contributed by atoms with E-state index >= 15 is 0 Å². The Balaban J connectivity index is 1.87. The molecule has 0 aliphatic carbocycles. The Hall–Kier alpha value is -1.72. The quantitative estimate of drug-likeness (QED) is 0.887. The van der Waals surface area contributed by atoms with E-state index in [2.05, 4.69) is 27.2 Å². The smallest absolute Gasteiger partial charge is 0.152 e. The predicted molar refractivity (Wildman–Crippen MR) is 72.7 cm³/mol. The van der Waals surface area contributed by atoms with Gasteiger partial charge in [-0.2, -0.15) is 0 Å². The van der Waals surface area contributed by atoms with E-state index in [-0.39, 0.29) is 6.04 Å². The number of nitrogens with one attached hydrogen (secondary N) is 1. The van der Waals surface area contributed by atoms with Gasteiger partial charge < -0.3 is 14.6 Å². The van der Waals surface area contributed by atoms with Crippen molar-refractivity contribution in [3.63, 3.8) is 0 Å². The van der Waals surface area contributed by atoms with E-state index in [0.717, 1.165) is 42.7 Å². The van der Waals surface area contributed by atoms with E-state index in [1.807, 2.05) is 25.1 Å². The molecule has 2 aromatic heterocycles. The lowest BCUT2D eigenvalue weighted by Crippen LogP contribution is -2.44. The summed E-state index contributed by atoms with van der Waals surface area (Å²) in [6.45, 7) is 4.89. The van der Waals surface area contributed by atoms with Crippen LogP contribution in [0.4, 0.5) is 0 Å². The Bertz CT molecular complexity index is 566. The molecule has 0 spiro atoms. The molecule has 3 rings (SSSR count). The maximum atomic E-state index is 5.61. The van der Waals surface area contributed by atoms with E-state index in [1.54, 1.807) is 6.20 Å². The van der Waals surface area contributed by atoms with Gasteiger partial charge >= 0.3 is 0 Å². The highest BCUT2D eigenvalue weighted by atomic mass is 16.3. The summed E-state index contributed by atoms with van der Waals surface area (Å²) in [5.74, 6) is 2.52. The molecule has 1 unspecified atom stereocenters. The minimum atomic E-state index is 0.190. The first-order valence-corrected chi connectivity index (χ1v) is 6.54. The van der Waals surface area contributed by atoms with Crippen molar-refractivity contribution in [1.82, 2.24) is 20.2 Å². The number of hydrogen-bond acceptors (Lipinski definition) is 5. The molecule has 3 heterocycles. The number of nitrogens with zero attached hydrogens (tertiary/aromatic N) is 3. The second-order valence-corrected chi connectivity index (χ2v) is 4.98. The van der Waals surface area contributed by atoms with Crippen LogP contribution in [0.15, 0.2) is 28.8 Å². The third-order valence-electron chi connectivity index (χ3n) is 3.36. The highest BCUT2D eigenvalue weighted by Crippen LogP contribution is 2.21. The van der Waals surface area contributed by atoms with Gasteiger partial charge in [0.25, 0.3) is 0 Å². The minimum Gasteiger partial charge on any atom is -0.460 e. The van der Waals surface area contributed by atoms with Crippen LogP contribution in [-0.4, -0.2) is 41.5 Å². The summed E-state index contributed by atoms with van der Waals surface area (Å²) in [6.07, 6.45) is 1.80. The Labute approximate surface area is 112 Å². The fourth-order valence-electron chi connectivity index (χ4n) is 2.32. The Morgan fingerprint density at radius 3 is 3.00 bits per heavy atom. The molecule has 1 atom stereocenters. The normalized spacial score (nSPS) is 20.6. The van der Waals surface area contributed by atoms with Crippen LogP contribution >= 0.6 is 0 Å². The molecule has 5 nitrogen and oxygen atoms in total. The zero-order valence-corrected chi connectivity index (χ0v) is 11.3. The fourth-order valence-corrected chi connectivity index (χ4v) is 2.32. The number of furan rings is 1. The lowest BCUT2D eigenvalue weighted by Gasteiger charge is -2.29. The van der Waals surface area contributed by atoms with Gasteiger partial charge in [0.15, 0.2) is 5.76 Å². The molecule has 1 fully saturated rings.